The van der Waals surface area contributed by atoms with E-state index in [1.165, 1.54) is 17.0 Å². The summed E-state index contributed by atoms with van der Waals surface area (Å²) in [4.78, 5) is 53.1. The molecule has 3 aliphatic rings. The number of esters is 1. The van der Waals surface area contributed by atoms with Crippen LogP contribution in [0.1, 0.15) is 70.3 Å². The molecule has 0 unspecified atom stereocenters. The van der Waals surface area contributed by atoms with Crippen molar-refractivity contribution in [3.8, 4) is 16.9 Å². The lowest BCUT2D eigenvalue weighted by Crippen LogP contribution is -2.60. The van der Waals surface area contributed by atoms with Gasteiger partial charge in [0.15, 0.2) is 0 Å². The number of amides is 2. The number of hydrogen-bond acceptors (Lipinski definition) is 9. The van der Waals surface area contributed by atoms with Gasteiger partial charge < -0.3 is 34.4 Å². The van der Waals surface area contributed by atoms with Crippen LogP contribution in [0.15, 0.2) is 60.2 Å². The predicted molar refractivity (Wildman–Crippen MR) is 184 cm³/mol. The first-order valence-electron chi connectivity index (χ1n) is 16.8. The maximum absolute atomic E-state index is 14.2. The van der Waals surface area contributed by atoms with Crippen LogP contribution in [0.25, 0.3) is 11.1 Å². The van der Waals surface area contributed by atoms with Gasteiger partial charge in [-0.05, 0) is 55.7 Å². The first-order valence-corrected chi connectivity index (χ1v) is 16.8. The molecule has 12 nitrogen and oxygen atoms in total. The number of fused-ring (bicyclic) bond motifs is 5. The number of carbonyl (C=O) groups excluding carboxylic acids is 3. The topological polar surface area (TPSA) is 175 Å². The lowest BCUT2D eigenvalue weighted by molar-refractivity contribution is -0.157. The Morgan fingerprint density at radius 3 is 2.54 bits per heavy atom. The highest BCUT2D eigenvalue weighted by atomic mass is 16.7. The Morgan fingerprint density at radius 1 is 1.14 bits per heavy atom. The number of nitrogens with one attached hydrogen (secondary N) is 1. The number of carboxylic acid groups (broad SMARTS) is 1. The van der Waals surface area contributed by atoms with Crippen molar-refractivity contribution in [2.24, 2.45) is 17.8 Å². The van der Waals surface area contributed by atoms with Gasteiger partial charge in [-0.25, -0.2) is 9.59 Å². The van der Waals surface area contributed by atoms with E-state index in [4.69, 9.17) is 14.2 Å². The molecule has 268 valence electrons. The Labute approximate surface area is 291 Å². The molecule has 0 saturated carbocycles. The normalized spacial score (nSPS) is 31.8. The number of alkyl carbamates (subject to hydrolysis) is 1. The zero-order chi connectivity index (χ0) is 36.7. The number of ether oxygens (including phenoxy) is 3. The summed E-state index contributed by atoms with van der Waals surface area (Å²) in [5, 5.41) is 35.3. The molecule has 4 N–H and O–H groups in total. The number of carbonyl (C=O) groups is 4. The molecule has 12 heteroatoms. The van der Waals surface area contributed by atoms with Crippen molar-refractivity contribution in [3.05, 3.63) is 71.3 Å². The minimum Gasteiger partial charge on any atom is -0.507 e. The first kappa shape index (κ1) is 36.6. The highest BCUT2D eigenvalue weighted by Crippen LogP contribution is 2.49. The molecule has 50 heavy (non-hydrogen) atoms. The third-order valence-corrected chi connectivity index (χ3v) is 10.1. The van der Waals surface area contributed by atoms with E-state index in [0.717, 1.165) is 5.57 Å². The number of rotatable bonds is 4. The number of epoxide rings is 1. The molecular weight excluding hydrogens is 644 g/mol. The lowest BCUT2D eigenvalue weighted by Gasteiger charge is -2.41. The quantitative estimate of drug-likeness (QED) is 0.242. The second-order valence-corrected chi connectivity index (χ2v) is 14.3. The number of anilines is 1. The van der Waals surface area contributed by atoms with Gasteiger partial charge in [-0.2, -0.15) is 0 Å². The third-order valence-electron chi connectivity index (χ3n) is 10.1. The summed E-state index contributed by atoms with van der Waals surface area (Å²) in [6.07, 6.45) is 2.47. The number of carboxylic acids is 1. The predicted octanol–water partition coefficient (Wildman–Crippen LogP) is 5.35. The minimum atomic E-state index is -1.61. The van der Waals surface area contributed by atoms with Gasteiger partial charge in [-0.3, -0.25) is 14.9 Å². The average molecular weight is 691 g/mol. The van der Waals surface area contributed by atoms with E-state index in [-0.39, 0.29) is 29.7 Å². The summed E-state index contributed by atoms with van der Waals surface area (Å²) in [5.74, 6) is -3.72. The van der Waals surface area contributed by atoms with Crippen LogP contribution in [0.3, 0.4) is 0 Å². The van der Waals surface area contributed by atoms with E-state index in [2.05, 4.69) is 5.32 Å². The van der Waals surface area contributed by atoms with Gasteiger partial charge in [0.1, 0.15) is 29.3 Å². The van der Waals surface area contributed by atoms with Crippen LogP contribution < -0.4 is 10.2 Å². The zero-order valence-electron chi connectivity index (χ0n) is 29.4. The van der Waals surface area contributed by atoms with Crippen LogP contribution in [0.2, 0.25) is 0 Å². The molecule has 2 saturated heterocycles. The van der Waals surface area contributed by atoms with Gasteiger partial charge in [-0.15, -0.1) is 0 Å². The Morgan fingerprint density at radius 2 is 1.86 bits per heavy atom. The van der Waals surface area contributed by atoms with Crippen molar-refractivity contribution in [2.75, 3.05) is 11.9 Å². The SMILES string of the molecule is C/C1=C\C=C\[C@@H](C)[C@@]2(O)C[C@H](OC(=O)N2)[C@@H](C)[C@@H]2O[C@@]2(C)[C@@H](OC(=O)C(C)C)CC(=O)N(C)c2cc(cc(O)c2-c2cccc(C(=O)O)c2)C1. The van der Waals surface area contributed by atoms with Gasteiger partial charge in [0.25, 0.3) is 0 Å². The molecule has 2 aromatic rings. The van der Waals surface area contributed by atoms with Crippen LogP contribution in [0, 0.1) is 17.8 Å². The van der Waals surface area contributed by atoms with E-state index in [0.29, 0.717) is 23.2 Å². The fourth-order valence-corrected chi connectivity index (χ4v) is 6.79. The summed E-state index contributed by atoms with van der Waals surface area (Å²) < 4.78 is 17.8. The number of hydrogen-bond donors (Lipinski definition) is 4. The van der Waals surface area contributed by atoms with Gasteiger partial charge >= 0.3 is 18.0 Å². The summed E-state index contributed by atoms with van der Waals surface area (Å²) in [5.41, 5.74) is -0.171. The number of allylic oxidation sites excluding steroid dienone is 3. The molecule has 0 radical (unpaired) electrons. The van der Waals surface area contributed by atoms with Crippen molar-refractivity contribution in [1.82, 2.24) is 5.32 Å². The van der Waals surface area contributed by atoms with E-state index >= 15 is 0 Å². The standard InChI is InChI=1S/C38H46N2O10/c1-20(2)35(45)49-30-18-31(42)40(7)27-15-24(16-28(41)32(27)25-12-9-13-26(17-25)34(43)44)14-21(3)10-8-11-22(4)38(47)19-29(48-36(46)39-38)23(5)33-37(30,6)50-33/h8-13,15-17,20,22-23,29-30,33,41,47H,14,18-19H2,1-7H3,(H,39,46)(H,43,44)/b11-8+,21-10+/t22-,23-,29+,30+,33+,37+,38+/m1/s1. The van der Waals surface area contributed by atoms with Crippen LogP contribution in [-0.2, 0) is 30.2 Å². The molecule has 0 aromatic heterocycles. The van der Waals surface area contributed by atoms with Gasteiger partial charge in [0, 0.05) is 30.9 Å². The highest BCUT2D eigenvalue weighted by Gasteiger charge is 2.64. The molecule has 2 amide bonds. The summed E-state index contributed by atoms with van der Waals surface area (Å²) >= 11 is 0. The van der Waals surface area contributed by atoms with E-state index in [9.17, 15) is 34.5 Å². The molecule has 2 fully saturated rings. The smallest absolute Gasteiger partial charge is 0.409 e. The van der Waals surface area contributed by atoms with E-state index < -0.39 is 71.3 Å². The zero-order valence-corrected chi connectivity index (χ0v) is 29.4. The molecule has 0 aliphatic carbocycles. The Balaban J connectivity index is 1.63. The van der Waals surface area contributed by atoms with Crippen LogP contribution in [-0.4, -0.2) is 75.9 Å². The number of phenolic OH excluding ortho intramolecular Hbond substituents is 1. The van der Waals surface area contributed by atoms with Crippen molar-refractivity contribution >= 4 is 29.6 Å². The molecule has 3 heterocycles. The Hall–Kier alpha value is -4.68. The monoisotopic (exact) mass is 690 g/mol. The second kappa shape index (κ2) is 13.9. The largest absolute Gasteiger partial charge is 0.507 e. The molecule has 5 rings (SSSR count). The van der Waals surface area contributed by atoms with Crippen molar-refractivity contribution in [1.29, 1.82) is 0 Å². The molecule has 0 spiro atoms. The van der Waals surface area contributed by atoms with Gasteiger partial charge in [-0.1, -0.05) is 63.6 Å². The third kappa shape index (κ3) is 7.41. The lowest BCUT2D eigenvalue weighted by atomic mass is 9.82. The molecule has 4 bridgehead atoms. The van der Waals surface area contributed by atoms with Crippen molar-refractivity contribution in [3.63, 3.8) is 0 Å². The summed E-state index contributed by atoms with van der Waals surface area (Å²) in [6, 6.07) is 9.45. The molecule has 3 aliphatic heterocycles. The highest BCUT2D eigenvalue weighted by molar-refractivity contribution is 6.00. The summed E-state index contributed by atoms with van der Waals surface area (Å²) in [7, 11) is 1.55. The first-order chi connectivity index (χ1) is 23.4. The van der Waals surface area contributed by atoms with Crippen LogP contribution >= 0.6 is 0 Å². The molecule has 2 aromatic carbocycles. The van der Waals surface area contributed by atoms with Crippen LogP contribution in [0.5, 0.6) is 5.75 Å². The number of aliphatic hydroxyl groups is 1. The number of nitrogens with zero attached hydrogens (tertiary/aromatic N) is 1. The fourth-order valence-electron chi connectivity index (χ4n) is 6.79. The molecular formula is C38H46N2O10. The summed E-state index contributed by atoms with van der Waals surface area (Å²) in [6.45, 7) is 10.6. The Kier molecular flexibility index (Phi) is 10.2. The second-order valence-electron chi connectivity index (χ2n) is 14.3. The van der Waals surface area contributed by atoms with Crippen LogP contribution in [0.4, 0.5) is 10.5 Å². The number of aromatic carboxylic acids is 1. The fraction of sp³-hybridized carbons (Fsp3) is 0.474. The number of benzene rings is 2. The number of phenols is 1. The van der Waals surface area contributed by atoms with Gasteiger partial charge in [0.2, 0.25) is 5.91 Å². The Bertz CT molecular complexity index is 1750. The number of aromatic hydroxyl groups is 1. The average Bonchev–Trinajstić information content (AvgIpc) is 3.74. The van der Waals surface area contributed by atoms with Gasteiger partial charge in [0.05, 0.1) is 29.7 Å². The molecule has 7 atom stereocenters. The minimum absolute atomic E-state index is 0.0118. The van der Waals surface area contributed by atoms with Crippen molar-refractivity contribution in [2.45, 2.75) is 90.4 Å². The maximum Gasteiger partial charge on any atom is 0.409 e. The van der Waals surface area contributed by atoms with E-state index in [1.807, 2.05) is 19.9 Å². The van der Waals surface area contributed by atoms with E-state index in [1.54, 1.807) is 71.2 Å². The maximum atomic E-state index is 14.2. The van der Waals surface area contributed by atoms with Crippen molar-refractivity contribution < 1.29 is 48.7 Å².